The number of amides is 2. The van der Waals surface area contributed by atoms with Crippen LogP contribution in [0, 0.1) is 5.92 Å². The molecule has 2 amide bonds. The third-order valence-electron chi connectivity index (χ3n) is 4.67. The zero-order chi connectivity index (χ0) is 18.0. The van der Waals surface area contributed by atoms with Crippen LogP contribution in [0.2, 0.25) is 10.0 Å². The van der Waals surface area contributed by atoms with Gasteiger partial charge in [0, 0.05) is 23.7 Å². The molecule has 0 radical (unpaired) electrons. The summed E-state index contributed by atoms with van der Waals surface area (Å²) < 4.78 is 0. The molecule has 2 fully saturated rings. The van der Waals surface area contributed by atoms with Crippen molar-refractivity contribution in [2.24, 2.45) is 5.92 Å². The monoisotopic (exact) mass is 385 g/mol. The van der Waals surface area contributed by atoms with Crippen molar-refractivity contribution in [2.45, 2.75) is 37.8 Å². The number of urea groups is 1. The second-order valence-electron chi connectivity index (χ2n) is 6.81. The fourth-order valence-corrected chi connectivity index (χ4v) is 3.54. The van der Waals surface area contributed by atoms with E-state index in [-0.39, 0.29) is 24.7 Å². The smallest absolute Gasteiger partial charge is 0.319 e. The van der Waals surface area contributed by atoms with Gasteiger partial charge in [-0.1, -0.05) is 23.2 Å². The van der Waals surface area contributed by atoms with Crippen molar-refractivity contribution in [1.82, 2.24) is 10.2 Å². The first-order valence-corrected chi connectivity index (χ1v) is 9.14. The van der Waals surface area contributed by atoms with Gasteiger partial charge in [-0.2, -0.15) is 0 Å². The topological polar surface area (TPSA) is 81.7 Å². The number of hydrogen-bond acceptors (Lipinski definition) is 3. The van der Waals surface area contributed by atoms with Crippen molar-refractivity contribution in [3.8, 4) is 0 Å². The van der Waals surface area contributed by atoms with Crippen LogP contribution in [-0.4, -0.2) is 47.2 Å². The highest BCUT2D eigenvalue weighted by molar-refractivity contribution is 6.36. The predicted octanol–water partition coefficient (Wildman–Crippen LogP) is 3.44. The lowest BCUT2D eigenvalue weighted by atomic mass is 9.85. The molecule has 0 atom stereocenters. The van der Waals surface area contributed by atoms with Gasteiger partial charge >= 0.3 is 12.0 Å². The van der Waals surface area contributed by atoms with Gasteiger partial charge in [-0.05, 0) is 49.8 Å². The van der Waals surface area contributed by atoms with Gasteiger partial charge < -0.3 is 15.7 Å². The number of carboxylic acid groups (broad SMARTS) is 1. The van der Waals surface area contributed by atoms with Crippen LogP contribution in [0.3, 0.4) is 0 Å². The Morgan fingerprint density at radius 1 is 1.24 bits per heavy atom. The van der Waals surface area contributed by atoms with Gasteiger partial charge in [-0.15, -0.1) is 0 Å². The van der Waals surface area contributed by atoms with Crippen LogP contribution in [0.5, 0.6) is 0 Å². The Bertz CT molecular complexity index is 661. The standard InChI is InChI=1S/C17H21Cl2N3O3/c18-11-3-4-15(14(19)5-11)21-17(25)20-12-6-13(7-12)22(9-16(23)24)8-10-1-2-10/h3-5,10,12-13H,1-2,6-9H2,(H,23,24)(H2,20,21,25). The number of aliphatic carboxylic acids is 1. The molecule has 8 heteroatoms. The molecule has 3 rings (SSSR count). The summed E-state index contributed by atoms with van der Waals surface area (Å²) in [5.41, 5.74) is 0.501. The van der Waals surface area contributed by atoms with E-state index in [0.717, 1.165) is 19.4 Å². The molecule has 3 N–H and O–H groups in total. The van der Waals surface area contributed by atoms with Crippen molar-refractivity contribution < 1.29 is 14.7 Å². The summed E-state index contributed by atoms with van der Waals surface area (Å²) >= 11 is 11.9. The van der Waals surface area contributed by atoms with E-state index in [1.54, 1.807) is 18.2 Å². The molecule has 6 nitrogen and oxygen atoms in total. The molecule has 0 unspecified atom stereocenters. The number of carbonyl (C=O) groups is 2. The summed E-state index contributed by atoms with van der Waals surface area (Å²) in [6.07, 6.45) is 3.91. The molecule has 25 heavy (non-hydrogen) atoms. The second-order valence-corrected chi connectivity index (χ2v) is 7.65. The minimum Gasteiger partial charge on any atom is -0.480 e. The van der Waals surface area contributed by atoms with E-state index in [0.29, 0.717) is 21.7 Å². The Morgan fingerprint density at radius 2 is 1.96 bits per heavy atom. The Kier molecular flexibility index (Phi) is 5.71. The fourth-order valence-electron chi connectivity index (χ4n) is 3.09. The van der Waals surface area contributed by atoms with Crippen LogP contribution in [0.25, 0.3) is 0 Å². The van der Waals surface area contributed by atoms with Crippen molar-refractivity contribution in [3.63, 3.8) is 0 Å². The molecule has 0 spiro atoms. The summed E-state index contributed by atoms with van der Waals surface area (Å²) in [6.45, 7) is 0.913. The van der Waals surface area contributed by atoms with Gasteiger partial charge in [0.05, 0.1) is 17.3 Å². The summed E-state index contributed by atoms with van der Waals surface area (Å²) in [5.74, 6) is -0.158. The SMILES string of the molecule is O=C(O)CN(CC1CC1)C1CC(NC(=O)Nc2ccc(Cl)cc2Cl)C1. The van der Waals surface area contributed by atoms with Gasteiger partial charge in [0.15, 0.2) is 0 Å². The summed E-state index contributed by atoms with van der Waals surface area (Å²) in [5, 5.41) is 15.6. The van der Waals surface area contributed by atoms with Crippen molar-refractivity contribution in [2.75, 3.05) is 18.4 Å². The summed E-state index contributed by atoms with van der Waals surface area (Å²) in [7, 11) is 0. The van der Waals surface area contributed by atoms with Crippen molar-refractivity contribution >= 4 is 40.9 Å². The van der Waals surface area contributed by atoms with Crippen LogP contribution in [0.4, 0.5) is 10.5 Å². The normalized spacial score (nSPS) is 22.4. The third-order valence-corrected chi connectivity index (χ3v) is 5.22. The van der Waals surface area contributed by atoms with Gasteiger partial charge in [0.25, 0.3) is 0 Å². The first kappa shape index (κ1) is 18.3. The Hall–Kier alpha value is -1.50. The number of rotatable bonds is 7. The maximum Gasteiger partial charge on any atom is 0.319 e. The van der Waals surface area contributed by atoms with E-state index in [1.807, 2.05) is 4.90 Å². The molecule has 2 saturated carbocycles. The van der Waals surface area contributed by atoms with Crippen LogP contribution < -0.4 is 10.6 Å². The second kappa shape index (κ2) is 7.81. The number of halogens is 2. The predicted molar refractivity (Wildman–Crippen MR) is 97.4 cm³/mol. The molecule has 1 aromatic rings. The minimum atomic E-state index is -0.799. The minimum absolute atomic E-state index is 0.0478. The van der Waals surface area contributed by atoms with Crippen LogP contribution in [0.15, 0.2) is 18.2 Å². The lowest BCUT2D eigenvalue weighted by Crippen LogP contribution is -2.55. The van der Waals surface area contributed by atoms with Crippen LogP contribution >= 0.6 is 23.2 Å². The fraction of sp³-hybridized carbons (Fsp3) is 0.529. The number of anilines is 1. The first-order chi connectivity index (χ1) is 11.9. The molecule has 0 saturated heterocycles. The van der Waals surface area contributed by atoms with Gasteiger partial charge in [-0.25, -0.2) is 4.79 Å². The van der Waals surface area contributed by atoms with Crippen molar-refractivity contribution in [1.29, 1.82) is 0 Å². The number of hydrogen-bond donors (Lipinski definition) is 3. The molecule has 2 aliphatic rings. The highest BCUT2D eigenvalue weighted by Gasteiger charge is 2.37. The molecule has 136 valence electrons. The Labute approximate surface area is 156 Å². The molecule has 0 heterocycles. The van der Waals surface area contributed by atoms with E-state index < -0.39 is 5.97 Å². The van der Waals surface area contributed by atoms with E-state index in [9.17, 15) is 9.59 Å². The highest BCUT2D eigenvalue weighted by Crippen LogP contribution is 2.34. The molecule has 1 aromatic carbocycles. The Balaban J connectivity index is 1.45. The maximum atomic E-state index is 12.1. The number of benzene rings is 1. The number of carboxylic acids is 1. The lowest BCUT2D eigenvalue weighted by Gasteiger charge is -2.42. The molecule has 0 aliphatic heterocycles. The van der Waals surface area contributed by atoms with Crippen LogP contribution in [0.1, 0.15) is 25.7 Å². The molecule has 0 bridgehead atoms. The molecular formula is C17H21Cl2N3O3. The molecule has 2 aliphatic carbocycles. The van der Waals surface area contributed by atoms with Crippen LogP contribution in [-0.2, 0) is 4.79 Å². The van der Waals surface area contributed by atoms with E-state index in [1.165, 1.54) is 12.8 Å². The highest BCUT2D eigenvalue weighted by atomic mass is 35.5. The van der Waals surface area contributed by atoms with Gasteiger partial charge in [0.2, 0.25) is 0 Å². The Morgan fingerprint density at radius 3 is 2.56 bits per heavy atom. The number of carbonyl (C=O) groups excluding carboxylic acids is 1. The number of nitrogens with zero attached hydrogens (tertiary/aromatic N) is 1. The first-order valence-electron chi connectivity index (χ1n) is 8.39. The zero-order valence-electron chi connectivity index (χ0n) is 13.7. The number of nitrogens with one attached hydrogen (secondary N) is 2. The largest absolute Gasteiger partial charge is 0.480 e. The van der Waals surface area contributed by atoms with Gasteiger partial charge in [0.1, 0.15) is 0 Å². The molecular weight excluding hydrogens is 365 g/mol. The van der Waals surface area contributed by atoms with Gasteiger partial charge in [-0.3, -0.25) is 9.69 Å². The van der Waals surface area contributed by atoms with E-state index >= 15 is 0 Å². The quantitative estimate of drug-likeness (QED) is 0.671. The summed E-state index contributed by atoms with van der Waals surface area (Å²) in [6, 6.07) is 4.83. The van der Waals surface area contributed by atoms with E-state index in [2.05, 4.69) is 10.6 Å². The zero-order valence-corrected chi connectivity index (χ0v) is 15.2. The molecule has 0 aromatic heterocycles. The van der Waals surface area contributed by atoms with Crippen molar-refractivity contribution in [3.05, 3.63) is 28.2 Å². The maximum absolute atomic E-state index is 12.1. The lowest BCUT2D eigenvalue weighted by molar-refractivity contribution is -0.139. The third kappa shape index (κ3) is 5.23. The van der Waals surface area contributed by atoms with E-state index in [4.69, 9.17) is 28.3 Å². The average molecular weight is 386 g/mol. The average Bonchev–Trinajstić information content (AvgIpc) is 3.28. The summed E-state index contributed by atoms with van der Waals surface area (Å²) in [4.78, 5) is 25.1.